The molecule has 4 nitrogen and oxygen atoms in total. The Kier molecular flexibility index (Phi) is 2.81. The van der Waals surface area contributed by atoms with Crippen LogP contribution in [0.2, 0.25) is 0 Å². The highest BCUT2D eigenvalue weighted by atomic mass is 35.5. The number of hydrogen-bond donors (Lipinski definition) is 0. The minimum atomic E-state index is -0.339. The van der Waals surface area contributed by atoms with E-state index >= 15 is 0 Å². The highest BCUT2D eigenvalue weighted by Crippen LogP contribution is 2.62. The molecule has 4 aliphatic rings. The van der Waals surface area contributed by atoms with Crippen LogP contribution in [0.5, 0.6) is 0 Å². The fourth-order valence-corrected chi connectivity index (χ4v) is 5.03. The lowest BCUT2D eigenvalue weighted by Crippen LogP contribution is -2.56. The summed E-state index contributed by atoms with van der Waals surface area (Å²) in [6, 6.07) is 0. The van der Waals surface area contributed by atoms with Crippen LogP contribution in [0.15, 0.2) is 0 Å². The molecule has 4 saturated carbocycles. The van der Waals surface area contributed by atoms with Gasteiger partial charge >= 0.3 is 11.9 Å². The minimum absolute atomic E-state index is 0.0976. The molecule has 0 aliphatic heterocycles. The predicted molar refractivity (Wildman–Crippen MR) is 63.4 cm³/mol. The van der Waals surface area contributed by atoms with E-state index in [1.807, 2.05) is 0 Å². The number of esters is 1. The molecule has 0 aromatic carbocycles. The standard InChI is InChI=1S/C13H17ClO4/c1-17-12(16)13-4-7-2-8(5-13)10(11(15)18-14)9(3-7)6-13/h7-10H,2-6H2,1H3. The van der Waals surface area contributed by atoms with Gasteiger partial charge in [0.25, 0.3) is 0 Å². The summed E-state index contributed by atoms with van der Waals surface area (Å²) in [5.74, 6) is 0.506. The van der Waals surface area contributed by atoms with Gasteiger partial charge in [0, 0.05) is 0 Å². The number of rotatable bonds is 2. The Balaban J connectivity index is 1.88. The van der Waals surface area contributed by atoms with Crippen molar-refractivity contribution in [1.82, 2.24) is 0 Å². The zero-order valence-electron chi connectivity index (χ0n) is 10.4. The molecule has 18 heavy (non-hydrogen) atoms. The number of ether oxygens (including phenoxy) is 1. The van der Waals surface area contributed by atoms with Crippen molar-refractivity contribution in [2.24, 2.45) is 29.1 Å². The Bertz CT molecular complexity index is 378. The van der Waals surface area contributed by atoms with E-state index in [-0.39, 0.29) is 35.1 Å². The van der Waals surface area contributed by atoms with Crippen molar-refractivity contribution < 1.29 is 18.6 Å². The number of carbonyl (C=O) groups is 2. The van der Waals surface area contributed by atoms with Crippen molar-refractivity contribution in [3.63, 3.8) is 0 Å². The topological polar surface area (TPSA) is 52.6 Å². The van der Waals surface area contributed by atoms with Crippen LogP contribution in [-0.4, -0.2) is 19.0 Å². The van der Waals surface area contributed by atoms with Gasteiger partial charge in [-0.1, -0.05) is 0 Å². The number of carbonyl (C=O) groups excluding carboxylic acids is 2. The summed E-state index contributed by atoms with van der Waals surface area (Å²) in [6.45, 7) is 0. The first kappa shape index (κ1) is 12.3. The third-order valence-corrected chi connectivity index (χ3v) is 5.39. The Morgan fingerprint density at radius 3 is 2.28 bits per heavy atom. The first-order valence-electron chi connectivity index (χ1n) is 6.50. The molecule has 0 radical (unpaired) electrons. The maximum atomic E-state index is 12.0. The van der Waals surface area contributed by atoms with E-state index in [0.29, 0.717) is 5.92 Å². The molecule has 2 unspecified atom stereocenters. The van der Waals surface area contributed by atoms with Crippen LogP contribution in [0.25, 0.3) is 0 Å². The summed E-state index contributed by atoms with van der Waals surface area (Å²) in [5.41, 5.74) is -0.339. The normalized spacial score (nSPS) is 44.8. The maximum absolute atomic E-state index is 12.0. The fourth-order valence-electron chi connectivity index (χ4n) is 4.93. The molecule has 4 bridgehead atoms. The Hall–Kier alpha value is -0.770. The van der Waals surface area contributed by atoms with Crippen molar-refractivity contribution >= 4 is 23.8 Å². The van der Waals surface area contributed by atoms with E-state index in [1.54, 1.807) is 0 Å². The van der Waals surface area contributed by atoms with Gasteiger partial charge in [0.05, 0.1) is 18.4 Å². The molecule has 4 rings (SSSR count). The maximum Gasteiger partial charge on any atom is 0.328 e. The molecular weight excluding hydrogens is 256 g/mol. The third-order valence-electron chi connectivity index (χ3n) is 5.24. The summed E-state index contributed by atoms with van der Waals surface area (Å²) in [6.07, 6.45) is 4.47. The zero-order valence-corrected chi connectivity index (χ0v) is 11.1. The summed E-state index contributed by atoms with van der Waals surface area (Å²) >= 11 is 5.23. The minimum Gasteiger partial charge on any atom is -0.469 e. The second-order valence-electron chi connectivity index (χ2n) is 6.16. The van der Waals surface area contributed by atoms with E-state index in [2.05, 4.69) is 4.29 Å². The van der Waals surface area contributed by atoms with Crippen LogP contribution in [0.4, 0.5) is 0 Å². The van der Waals surface area contributed by atoms with Crippen LogP contribution in [0.1, 0.15) is 32.1 Å². The first-order valence-corrected chi connectivity index (χ1v) is 6.81. The van der Waals surface area contributed by atoms with Crippen LogP contribution in [0, 0.1) is 29.1 Å². The van der Waals surface area contributed by atoms with Crippen molar-refractivity contribution in [1.29, 1.82) is 0 Å². The molecule has 0 heterocycles. The summed E-state index contributed by atoms with van der Waals surface area (Å²) in [7, 11) is 1.45. The molecule has 0 aromatic rings. The molecule has 2 atom stereocenters. The molecule has 0 amide bonds. The molecule has 4 fully saturated rings. The highest BCUT2D eigenvalue weighted by Gasteiger charge is 2.60. The molecule has 5 heteroatoms. The lowest BCUT2D eigenvalue weighted by atomic mass is 9.46. The quantitative estimate of drug-likeness (QED) is 0.724. The number of hydrogen-bond acceptors (Lipinski definition) is 4. The second-order valence-corrected chi connectivity index (χ2v) is 6.32. The Labute approximate surface area is 111 Å². The summed E-state index contributed by atoms with van der Waals surface area (Å²) < 4.78 is 9.39. The van der Waals surface area contributed by atoms with Crippen LogP contribution >= 0.6 is 11.9 Å². The molecule has 4 aliphatic carbocycles. The third kappa shape index (κ3) is 1.58. The molecular formula is C13H17ClO4. The van der Waals surface area contributed by atoms with Gasteiger partial charge in [-0.25, -0.2) is 0 Å². The molecule has 0 saturated heterocycles. The van der Waals surface area contributed by atoms with Gasteiger partial charge < -0.3 is 9.03 Å². The van der Waals surface area contributed by atoms with Crippen LogP contribution < -0.4 is 0 Å². The van der Waals surface area contributed by atoms with Gasteiger partial charge in [0.2, 0.25) is 0 Å². The van der Waals surface area contributed by atoms with Gasteiger partial charge in [-0.2, -0.15) is 0 Å². The van der Waals surface area contributed by atoms with Gasteiger partial charge in [-0.15, -0.1) is 0 Å². The van der Waals surface area contributed by atoms with Crippen molar-refractivity contribution in [3.05, 3.63) is 0 Å². The summed E-state index contributed by atoms with van der Waals surface area (Å²) in [5, 5.41) is 0. The predicted octanol–water partition coefficient (Wildman–Crippen LogP) is 2.30. The van der Waals surface area contributed by atoms with Gasteiger partial charge in [-0.05, 0) is 49.9 Å². The van der Waals surface area contributed by atoms with E-state index < -0.39 is 0 Å². The fraction of sp³-hybridized carbons (Fsp3) is 0.846. The number of halogens is 1. The van der Waals surface area contributed by atoms with Crippen molar-refractivity contribution in [2.75, 3.05) is 7.11 Å². The Morgan fingerprint density at radius 2 is 1.78 bits per heavy atom. The van der Waals surface area contributed by atoms with E-state index in [4.69, 9.17) is 16.6 Å². The number of methoxy groups -OCH3 is 1. The second kappa shape index (κ2) is 4.12. The van der Waals surface area contributed by atoms with Gasteiger partial charge in [0.15, 0.2) is 0 Å². The molecule has 0 aromatic heterocycles. The highest BCUT2D eigenvalue weighted by molar-refractivity contribution is 6.13. The van der Waals surface area contributed by atoms with Crippen LogP contribution in [0.3, 0.4) is 0 Å². The smallest absolute Gasteiger partial charge is 0.328 e. The van der Waals surface area contributed by atoms with Gasteiger partial charge in [0.1, 0.15) is 11.9 Å². The van der Waals surface area contributed by atoms with E-state index in [1.165, 1.54) is 7.11 Å². The van der Waals surface area contributed by atoms with E-state index in [0.717, 1.165) is 32.1 Å². The van der Waals surface area contributed by atoms with E-state index in [9.17, 15) is 9.59 Å². The average molecular weight is 273 g/mol. The monoisotopic (exact) mass is 272 g/mol. The largest absolute Gasteiger partial charge is 0.469 e. The average Bonchev–Trinajstić information content (AvgIpc) is 2.36. The summed E-state index contributed by atoms with van der Waals surface area (Å²) in [4.78, 5) is 23.8. The molecule has 100 valence electrons. The van der Waals surface area contributed by atoms with Crippen molar-refractivity contribution in [2.45, 2.75) is 32.1 Å². The van der Waals surface area contributed by atoms with Gasteiger partial charge in [-0.3, -0.25) is 9.59 Å². The lowest BCUT2D eigenvalue weighted by molar-refractivity contribution is -0.181. The lowest BCUT2D eigenvalue weighted by Gasteiger charge is -2.57. The Morgan fingerprint density at radius 1 is 1.17 bits per heavy atom. The zero-order chi connectivity index (χ0) is 12.9. The first-order chi connectivity index (χ1) is 8.59. The van der Waals surface area contributed by atoms with Crippen molar-refractivity contribution in [3.8, 4) is 0 Å². The molecule has 0 spiro atoms. The van der Waals surface area contributed by atoms with Crippen LogP contribution in [-0.2, 0) is 18.6 Å². The molecule has 0 N–H and O–H groups in total. The SMILES string of the molecule is COC(=O)C12CC3CC(C1)C(C(=O)OCl)C(C3)C2.